The second kappa shape index (κ2) is 4.86. The van der Waals surface area contributed by atoms with Crippen molar-refractivity contribution >= 4 is 11.6 Å². The molecule has 1 saturated carbocycles. The lowest BCUT2D eigenvalue weighted by molar-refractivity contribution is -0.118. The minimum Gasteiger partial charge on any atom is -0.325 e. The number of fused-ring (bicyclic) bond motifs is 1. The Morgan fingerprint density at radius 2 is 2.05 bits per heavy atom. The normalized spacial score (nSPS) is 29.3. The number of rotatable bonds is 2. The lowest BCUT2D eigenvalue weighted by Crippen LogP contribution is -2.42. The number of hydrazine groups is 1. The lowest BCUT2D eigenvalue weighted by atomic mass is 9.96. The van der Waals surface area contributed by atoms with Gasteiger partial charge >= 0.3 is 0 Å². The molecule has 2 aliphatic rings. The topological polar surface area (TPSA) is 53.2 Å². The number of hydrogen-bond donors (Lipinski definition) is 3. The van der Waals surface area contributed by atoms with Crippen LogP contribution in [0.1, 0.15) is 19.3 Å². The van der Waals surface area contributed by atoms with Gasteiger partial charge in [-0.1, -0.05) is 6.42 Å². The molecule has 1 amide bonds. The van der Waals surface area contributed by atoms with E-state index in [1.54, 1.807) is 0 Å². The Balaban J connectivity index is 1.69. The summed E-state index contributed by atoms with van der Waals surface area (Å²) in [6.07, 6.45) is 3.17. The molecule has 1 aromatic carbocycles. The molecule has 0 bridgehead atoms. The largest absolute Gasteiger partial charge is 0.325 e. The number of carbonyl (C=O) groups is 1. The van der Waals surface area contributed by atoms with Crippen LogP contribution in [0.4, 0.5) is 14.5 Å². The van der Waals surface area contributed by atoms with E-state index in [2.05, 4.69) is 16.2 Å². The smallest absolute Gasteiger partial charge is 0.243 e. The van der Waals surface area contributed by atoms with Crippen molar-refractivity contribution in [2.45, 2.75) is 31.3 Å². The van der Waals surface area contributed by atoms with E-state index < -0.39 is 11.6 Å². The fourth-order valence-corrected chi connectivity index (χ4v) is 2.92. The Kier molecular flexibility index (Phi) is 3.20. The van der Waals surface area contributed by atoms with Crippen molar-refractivity contribution in [2.75, 3.05) is 5.32 Å². The van der Waals surface area contributed by atoms with Crippen LogP contribution in [0.2, 0.25) is 0 Å². The van der Waals surface area contributed by atoms with Crippen LogP contribution in [0.5, 0.6) is 0 Å². The molecule has 1 aliphatic carbocycles. The van der Waals surface area contributed by atoms with Crippen molar-refractivity contribution in [3.05, 3.63) is 29.8 Å². The Morgan fingerprint density at radius 1 is 1.21 bits per heavy atom. The van der Waals surface area contributed by atoms with Gasteiger partial charge in [0.25, 0.3) is 0 Å². The van der Waals surface area contributed by atoms with Gasteiger partial charge in [0.1, 0.15) is 6.04 Å². The molecule has 4 nitrogen and oxygen atoms in total. The van der Waals surface area contributed by atoms with E-state index >= 15 is 0 Å². The summed E-state index contributed by atoms with van der Waals surface area (Å²) in [5, 5.41) is 2.62. The zero-order valence-corrected chi connectivity index (χ0v) is 10.2. The molecule has 3 unspecified atom stereocenters. The van der Waals surface area contributed by atoms with Crippen molar-refractivity contribution in [3.63, 3.8) is 0 Å². The zero-order chi connectivity index (χ0) is 13.4. The molecule has 6 heteroatoms. The Hall–Kier alpha value is -1.53. The molecule has 1 aliphatic heterocycles. The van der Waals surface area contributed by atoms with Crippen LogP contribution in [0.3, 0.4) is 0 Å². The van der Waals surface area contributed by atoms with Crippen LogP contribution in [0.15, 0.2) is 18.2 Å². The summed E-state index contributed by atoms with van der Waals surface area (Å²) in [4.78, 5) is 12.1. The molecule has 1 aromatic rings. The summed E-state index contributed by atoms with van der Waals surface area (Å²) in [7, 11) is 0. The van der Waals surface area contributed by atoms with Crippen molar-refractivity contribution in [1.82, 2.24) is 10.9 Å². The molecule has 3 N–H and O–H groups in total. The number of amides is 1. The summed E-state index contributed by atoms with van der Waals surface area (Å²) in [5.74, 6) is -1.83. The summed E-state index contributed by atoms with van der Waals surface area (Å²) < 4.78 is 25.9. The van der Waals surface area contributed by atoms with Gasteiger partial charge < -0.3 is 5.32 Å². The van der Waals surface area contributed by atoms with Gasteiger partial charge in [-0.25, -0.2) is 14.2 Å². The highest BCUT2D eigenvalue weighted by atomic mass is 19.2. The fraction of sp³-hybridized carbons (Fsp3) is 0.462. The summed E-state index contributed by atoms with van der Waals surface area (Å²) in [6, 6.07) is 3.36. The number of halogens is 2. The number of hydrogen-bond acceptors (Lipinski definition) is 3. The molecule has 2 fully saturated rings. The third-order valence-electron chi connectivity index (χ3n) is 3.89. The molecule has 0 aromatic heterocycles. The zero-order valence-electron chi connectivity index (χ0n) is 10.2. The standard InChI is InChI=1S/C13H15F2N3O/c14-9-5-4-7(6-10(9)15)16-13(19)12-8-2-1-3-11(8)17-18-12/h4-6,8,11-12,17-18H,1-3H2,(H,16,19). The molecule has 3 rings (SSSR count). The van der Waals surface area contributed by atoms with E-state index in [1.807, 2.05) is 0 Å². The van der Waals surface area contributed by atoms with Crippen LogP contribution in [0.25, 0.3) is 0 Å². The second-order valence-electron chi connectivity index (χ2n) is 5.09. The predicted octanol–water partition coefficient (Wildman–Crippen LogP) is 1.55. The first-order valence-electron chi connectivity index (χ1n) is 6.42. The van der Waals surface area contributed by atoms with Gasteiger partial charge in [0, 0.05) is 23.7 Å². The fourth-order valence-electron chi connectivity index (χ4n) is 2.92. The highest BCUT2D eigenvalue weighted by Gasteiger charge is 2.42. The summed E-state index contributed by atoms with van der Waals surface area (Å²) >= 11 is 0. The minimum atomic E-state index is -0.964. The Morgan fingerprint density at radius 3 is 2.84 bits per heavy atom. The van der Waals surface area contributed by atoms with Crippen LogP contribution in [-0.4, -0.2) is 18.0 Å². The van der Waals surface area contributed by atoms with E-state index in [1.165, 1.54) is 6.07 Å². The van der Waals surface area contributed by atoms with Crippen molar-refractivity contribution in [3.8, 4) is 0 Å². The van der Waals surface area contributed by atoms with Gasteiger partial charge in [-0.2, -0.15) is 0 Å². The van der Waals surface area contributed by atoms with Crippen molar-refractivity contribution < 1.29 is 13.6 Å². The molecule has 1 heterocycles. The monoisotopic (exact) mass is 267 g/mol. The molecular weight excluding hydrogens is 252 g/mol. The highest BCUT2D eigenvalue weighted by molar-refractivity contribution is 5.95. The maximum absolute atomic E-state index is 13.1. The molecular formula is C13H15F2N3O. The summed E-state index contributed by atoms with van der Waals surface area (Å²) in [6.45, 7) is 0. The van der Waals surface area contributed by atoms with Crippen LogP contribution >= 0.6 is 0 Å². The first-order chi connectivity index (χ1) is 9.15. The molecule has 1 saturated heterocycles. The molecule has 0 radical (unpaired) electrons. The molecule has 102 valence electrons. The predicted molar refractivity (Wildman–Crippen MR) is 66.2 cm³/mol. The maximum Gasteiger partial charge on any atom is 0.243 e. The number of benzene rings is 1. The van der Waals surface area contributed by atoms with E-state index in [9.17, 15) is 13.6 Å². The molecule has 3 atom stereocenters. The van der Waals surface area contributed by atoms with Crippen LogP contribution in [-0.2, 0) is 4.79 Å². The van der Waals surface area contributed by atoms with Crippen LogP contribution < -0.4 is 16.2 Å². The van der Waals surface area contributed by atoms with E-state index in [0.717, 1.165) is 31.4 Å². The lowest BCUT2D eigenvalue weighted by Gasteiger charge is -2.16. The summed E-state index contributed by atoms with van der Waals surface area (Å²) in [5.41, 5.74) is 6.36. The van der Waals surface area contributed by atoms with Crippen LogP contribution in [0, 0.1) is 17.6 Å². The number of carbonyl (C=O) groups excluding carboxylic acids is 1. The number of nitrogens with one attached hydrogen (secondary N) is 3. The van der Waals surface area contributed by atoms with Gasteiger partial charge in [0.2, 0.25) is 5.91 Å². The Labute approximate surface area is 109 Å². The van der Waals surface area contributed by atoms with E-state index in [4.69, 9.17) is 0 Å². The molecule has 19 heavy (non-hydrogen) atoms. The van der Waals surface area contributed by atoms with E-state index in [-0.39, 0.29) is 23.6 Å². The molecule has 0 spiro atoms. The van der Waals surface area contributed by atoms with Crippen molar-refractivity contribution in [2.24, 2.45) is 5.92 Å². The maximum atomic E-state index is 13.1. The average molecular weight is 267 g/mol. The van der Waals surface area contributed by atoms with E-state index in [0.29, 0.717) is 6.04 Å². The minimum absolute atomic E-state index is 0.215. The Bertz CT molecular complexity index is 509. The van der Waals surface area contributed by atoms with Crippen molar-refractivity contribution in [1.29, 1.82) is 0 Å². The second-order valence-corrected chi connectivity index (χ2v) is 5.09. The number of anilines is 1. The first-order valence-corrected chi connectivity index (χ1v) is 6.42. The average Bonchev–Trinajstić information content (AvgIpc) is 2.95. The quantitative estimate of drug-likeness (QED) is 0.762. The highest BCUT2D eigenvalue weighted by Crippen LogP contribution is 2.31. The van der Waals surface area contributed by atoms with Gasteiger partial charge in [-0.15, -0.1) is 0 Å². The first kappa shape index (κ1) is 12.5. The van der Waals surface area contributed by atoms with Gasteiger partial charge in [-0.3, -0.25) is 10.2 Å². The third kappa shape index (κ3) is 2.33. The third-order valence-corrected chi connectivity index (χ3v) is 3.89. The van der Waals surface area contributed by atoms with Gasteiger partial charge in [-0.05, 0) is 25.0 Å². The SMILES string of the molecule is O=C(Nc1ccc(F)c(F)c1)C1NNC2CCCC21. The van der Waals surface area contributed by atoms with Gasteiger partial charge in [0.15, 0.2) is 11.6 Å². The van der Waals surface area contributed by atoms with Gasteiger partial charge in [0.05, 0.1) is 0 Å².